The summed E-state index contributed by atoms with van der Waals surface area (Å²) in [6.45, 7) is 1.73. The number of amides is 1. The molecule has 1 aromatic heterocycles. The second-order valence-electron chi connectivity index (χ2n) is 4.17. The lowest BCUT2D eigenvalue weighted by molar-refractivity contribution is -0.385. The van der Waals surface area contributed by atoms with Crippen molar-refractivity contribution in [3.8, 4) is 0 Å². The Morgan fingerprint density at radius 2 is 2.05 bits per heavy atom. The molecule has 1 aromatic carbocycles. The predicted molar refractivity (Wildman–Crippen MR) is 80.0 cm³/mol. The molecule has 2 rings (SSSR count). The van der Waals surface area contributed by atoms with Gasteiger partial charge in [-0.05, 0) is 30.7 Å². The van der Waals surface area contributed by atoms with Crippen LogP contribution in [0.15, 0.2) is 30.5 Å². The molecular weight excluding hydrogens is 317 g/mol. The average molecular weight is 326 g/mol. The van der Waals surface area contributed by atoms with Gasteiger partial charge < -0.3 is 5.32 Å². The Morgan fingerprint density at radius 3 is 2.67 bits per heavy atom. The normalized spacial score (nSPS) is 10.2. The van der Waals surface area contributed by atoms with Crippen LogP contribution in [0.2, 0.25) is 10.2 Å². The number of nitrogens with one attached hydrogen (secondary N) is 1. The highest BCUT2D eigenvalue weighted by molar-refractivity contribution is 6.33. The Bertz CT molecular complexity index is 714. The molecule has 2 aromatic rings. The van der Waals surface area contributed by atoms with Crippen LogP contribution < -0.4 is 5.32 Å². The van der Waals surface area contributed by atoms with Crippen molar-refractivity contribution < 1.29 is 9.72 Å². The minimum absolute atomic E-state index is 0.105. The van der Waals surface area contributed by atoms with Crippen LogP contribution in [0.4, 0.5) is 11.4 Å². The van der Waals surface area contributed by atoms with Crippen molar-refractivity contribution in [1.29, 1.82) is 0 Å². The zero-order chi connectivity index (χ0) is 15.6. The number of carbonyl (C=O) groups excluding carboxylic acids is 1. The zero-order valence-corrected chi connectivity index (χ0v) is 12.3. The van der Waals surface area contributed by atoms with Gasteiger partial charge in [-0.25, -0.2) is 4.98 Å². The molecule has 6 nitrogen and oxygen atoms in total. The van der Waals surface area contributed by atoms with Crippen LogP contribution in [0.25, 0.3) is 0 Å². The van der Waals surface area contributed by atoms with E-state index in [1.54, 1.807) is 13.0 Å². The predicted octanol–water partition coefficient (Wildman–Crippen LogP) is 3.86. The van der Waals surface area contributed by atoms with E-state index in [1.807, 2.05) is 0 Å². The summed E-state index contributed by atoms with van der Waals surface area (Å²) in [5.41, 5.74) is 0.507. The first-order valence-electron chi connectivity index (χ1n) is 5.76. The van der Waals surface area contributed by atoms with Gasteiger partial charge in [0.2, 0.25) is 0 Å². The van der Waals surface area contributed by atoms with Crippen molar-refractivity contribution in [3.05, 3.63) is 61.9 Å². The Kier molecular flexibility index (Phi) is 4.40. The maximum Gasteiger partial charge on any atom is 0.282 e. The number of halogens is 2. The Balaban J connectivity index is 2.41. The number of aryl methyl sites for hydroxylation is 1. The van der Waals surface area contributed by atoms with Crippen LogP contribution in [0, 0.1) is 17.0 Å². The number of rotatable bonds is 3. The van der Waals surface area contributed by atoms with Gasteiger partial charge in [0.1, 0.15) is 5.56 Å². The molecule has 0 unspecified atom stereocenters. The van der Waals surface area contributed by atoms with Crippen LogP contribution in [0.5, 0.6) is 0 Å². The summed E-state index contributed by atoms with van der Waals surface area (Å²) >= 11 is 11.7. The van der Waals surface area contributed by atoms with Gasteiger partial charge in [0, 0.05) is 17.3 Å². The quantitative estimate of drug-likeness (QED) is 0.527. The van der Waals surface area contributed by atoms with Gasteiger partial charge >= 0.3 is 0 Å². The number of nitrogens with zero attached hydrogens (tertiary/aromatic N) is 2. The molecule has 0 radical (unpaired) electrons. The molecule has 108 valence electrons. The van der Waals surface area contributed by atoms with Crippen molar-refractivity contribution in [2.75, 3.05) is 5.32 Å². The van der Waals surface area contributed by atoms with Gasteiger partial charge in [-0.15, -0.1) is 0 Å². The van der Waals surface area contributed by atoms with Crippen molar-refractivity contribution in [3.63, 3.8) is 0 Å². The van der Waals surface area contributed by atoms with Crippen molar-refractivity contribution in [1.82, 2.24) is 4.98 Å². The number of pyridine rings is 1. The maximum absolute atomic E-state index is 12.2. The first kappa shape index (κ1) is 15.2. The molecule has 8 heteroatoms. The summed E-state index contributed by atoms with van der Waals surface area (Å²) in [7, 11) is 0. The number of hydrogen-bond acceptors (Lipinski definition) is 4. The first-order chi connectivity index (χ1) is 9.90. The molecule has 0 aliphatic rings. The van der Waals surface area contributed by atoms with E-state index in [0.717, 1.165) is 0 Å². The van der Waals surface area contributed by atoms with Crippen LogP contribution in [0.3, 0.4) is 0 Å². The summed E-state index contributed by atoms with van der Waals surface area (Å²) in [5.74, 6) is -0.679. The lowest BCUT2D eigenvalue weighted by Gasteiger charge is -2.09. The maximum atomic E-state index is 12.2. The van der Waals surface area contributed by atoms with E-state index in [9.17, 15) is 14.9 Å². The van der Waals surface area contributed by atoms with Gasteiger partial charge in [0.05, 0.1) is 10.6 Å². The highest BCUT2D eigenvalue weighted by Gasteiger charge is 2.21. The van der Waals surface area contributed by atoms with Gasteiger partial charge in [-0.3, -0.25) is 14.9 Å². The monoisotopic (exact) mass is 325 g/mol. The first-order valence-corrected chi connectivity index (χ1v) is 6.52. The van der Waals surface area contributed by atoms with Crippen LogP contribution in [0.1, 0.15) is 15.9 Å². The highest BCUT2D eigenvalue weighted by Crippen LogP contribution is 2.27. The Morgan fingerprint density at radius 1 is 1.33 bits per heavy atom. The van der Waals surface area contributed by atoms with Crippen LogP contribution >= 0.6 is 23.2 Å². The summed E-state index contributed by atoms with van der Waals surface area (Å²) < 4.78 is 0. The van der Waals surface area contributed by atoms with Crippen LogP contribution in [-0.4, -0.2) is 15.8 Å². The number of carbonyl (C=O) groups is 1. The molecule has 1 amide bonds. The fraction of sp³-hybridized carbons (Fsp3) is 0.0769. The van der Waals surface area contributed by atoms with Crippen molar-refractivity contribution >= 4 is 40.5 Å². The van der Waals surface area contributed by atoms with E-state index in [4.69, 9.17) is 23.2 Å². The van der Waals surface area contributed by atoms with E-state index in [0.29, 0.717) is 11.3 Å². The van der Waals surface area contributed by atoms with Gasteiger partial charge in [0.25, 0.3) is 11.6 Å². The number of aromatic nitrogens is 1. The lowest BCUT2D eigenvalue weighted by Crippen LogP contribution is -2.15. The fourth-order valence-electron chi connectivity index (χ4n) is 1.71. The van der Waals surface area contributed by atoms with Crippen molar-refractivity contribution in [2.24, 2.45) is 0 Å². The third-order valence-corrected chi connectivity index (χ3v) is 3.27. The van der Waals surface area contributed by atoms with Gasteiger partial charge in [-0.2, -0.15) is 0 Å². The molecule has 1 N–H and O–H groups in total. The van der Waals surface area contributed by atoms with Crippen LogP contribution in [-0.2, 0) is 0 Å². The average Bonchev–Trinajstić information content (AvgIpc) is 2.42. The zero-order valence-electron chi connectivity index (χ0n) is 10.8. The molecule has 21 heavy (non-hydrogen) atoms. The van der Waals surface area contributed by atoms with Gasteiger partial charge in [-0.1, -0.05) is 23.2 Å². The number of nitro benzene ring substituents is 1. The third-order valence-electron chi connectivity index (χ3n) is 2.75. The number of anilines is 1. The molecule has 0 saturated heterocycles. The van der Waals surface area contributed by atoms with E-state index < -0.39 is 10.8 Å². The molecule has 0 atom stereocenters. The Labute approximate surface area is 129 Å². The summed E-state index contributed by atoms with van der Waals surface area (Å²) in [6.07, 6.45) is 1.50. The fourth-order valence-corrected chi connectivity index (χ4v) is 2.13. The SMILES string of the molecule is Cc1ccnc(Cl)c1NC(=O)c1cc(Cl)ccc1[N+](=O)[O-]. The smallest absolute Gasteiger partial charge is 0.282 e. The van der Waals surface area contributed by atoms with E-state index in [1.165, 1.54) is 24.4 Å². The summed E-state index contributed by atoms with van der Waals surface area (Å²) in [6, 6.07) is 5.41. The third kappa shape index (κ3) is 3.29. The van der Waals surface area contributed by atoms with Gasteiger partial charge in [0.15, 0.2) is 5.15 Å². The van der Waals surface area contributed by atoms with E-state index in [-0.39, 0.29) is 21.4 Å². The van der Waals surface area contributed by atoms with E-state index in [2.05, 4.69) is 10.3 Å². The standard InChI is InChI=1S/C13H9Cl2N3O3/c1-7-4-5-16-12(15)11(7)17-13(19)9-6-8(14)2-3-10(9)18(20)21/h2-6H,1H3,(H,17,19). The molecular formula is C13H9Cl2N3O3. The topological polar surface area (TPSA) is 85.1 Å². The molecule has 0 spiro atoms. The second-order valence-corrected chi connectivity index (χ2v) is 4.96. The molecule has 1 heterocycles. The number of hydrogen-bond donors (Lipinski definition) is 1. The second kappa shape index (κ2) is 6.07. The molecule has 0 saturated carbocycles. The largest absolute Gasteiger partial charge is 0.319 e. The molecule has 0 fully saturated rings. The Hall–Kier alpha value is -2.18. The highest BCUT2D eigenvalue weighted by atomic mass is 35.5. The molecule has 0 bridgehead atoms. The number of benzene rings is 1. The number of nitro groups is 1. The van der Waals surface area contributed by atoms with Crippen molar-refractivity contribution in [2.45, 2.75) is 6.92 Å². The molecule has 0 aliphatic heterocycles. The molecule has 0 aliphatic carbocycles. The summed E-state index contributed by atoms with van der Waals surface area (Å²) in [4.78, 5) is 26.4. The minimum atomic E-state index is -0.679. The van der Waals surface area contributed by atoms with E-state index >= 15 is 0 Å². The lowest BCUT2D eigenvalue weighted by atomic mass is 10.1. The minimum Gasteiger partial charge on any atom is -0.319 e. The summed E-state index contributed by atoms with van der Waals surface area (Å²) in [5, 5.41) is 13.8.